The number of hydrogen-bond acceptors (Lipinski definition) is 4. The molecule has 1 aliphatic heterocycles. The molecule has 1 aliphatic rings. The van der Waals surface area contributed by atoms with Crippen molar-refractivity contribution in [1.82, 2.24) is 9.88 Å². The summed E-state index contributed by atoms with van der Waals surface area (Å²) >= 11 is 0. The zero-order valence-electron chi connectivity index (χ0n) is 14.1. The molecule has 0 radical (unpaired) electrons. The molecule has 1 aromatic carbocycles. The van der Waals surface area contributed by atoms with Gasteiger partial charge in [0, 0.05) is 24.9 Å². The topological polar surface area (TPSA) is 85.5 Å². The minimum atomic E-state index is -1.14. The summed E-state index contributed by atoms with van der Waals surface area (Å²) in [6.45, 7) is 2.46. The highest BCUT2D eigenvalue weighted by Crippen LogP contribution is 2.19. The Morgan fingerprint density at radius 1 is 1.24 bits per heavy atom. The van der Waals surface area contributed by atoms with Gasteiger partial charge in [0.2, 0.25) is 0 Å². The van der Waals surface area contributed by atoms with Crippen LogP contribution < -0.4 is 5.73 Å². The van der Waals surface area contributed by atoms with Gasteiger partial charge in [0.05, 0.1) is 18.7 Å². The second-order valence-electron chi connectivity index (χ2n) is 6.37. The molecule has 2 heterocycles. The molecule has 1 aromatic heterocycles. The van der Waals surface area contributed by atoms with Gasteiger partial charge in [-0.25, -0.2) is 0 Å². The lowest BCUT2D eigenvalue weighted by Gasteiger charge is -2.38. The smallest absolute Gasteiger partial charge is 0.255 e. The molecule has 3 rings (SSSR count). The maximum absolute atomic E-state index is 12.7. The molecule has 6 nitrogen and oxygen atoms in total. The number of aromatic nitrogens is 1. The second kappa shape index (κ2) is 7.03. The average Bonchev–Trinajstić information content (AvgIpc) is 2.62. The Labute approximate surface area is 146 Å². The van der Waals surface area contributed by atoms with Crippen molar-refractivity contribution in [2.45, 2.75) is 18.9 Å². The number of morpholine rings is 1. The molecule has 1 atom stereocenters. The molecule has 25 heavy (non-hydrogen) atoms. The number of benzene rings is 1. The molecular formula is C19H21N3O3. The van der Waals surface area contributed by atoms with E-state index in [4.69, 9.17) is 10.5 Å². The van der Waals surface area contributed by atoms with Gasteiger partial charge in [0.1, 0.15) is 0 Å². The molecule has 0 saturated carbocycles. The molecule has 2 amide bonds. The normalized spacial score (nSPS) is 20.3. The summed E-state index contributed by atoms with van der Waals surface area (Å²) in [4.78, 5) is 30.2. The van der Waals surface area contributed by atoms with Crippen LogP contribution in [0, 0.1) is 0 Å². The predicted molar refractivity (Wildman–Crippen MR) is 92.9 cm³/mol. The van der Waals surface area contributed by atoms with Gasteiger partial charge in [-0.3, -0.25) is 14.6 Å². The quantitative estimate of drug-likeness (QED) is 0.912. The highest BCUT2D eigenvalue weighted by Gasteiger charge is 2.39. The van der Waals surface area contributed by atoms with Crippen molar-refractivity contribution in [3.63, 3.8) is 0 Å². The molecule has 2 N–H and O–H groups in total. The van der Waals surface area contributed by atoms with E-state index in [1.807, 2.05) is 36.4 Å². The van der Waals surface area contributed by atoms with E-state index in [1.54, 1.807) is 24.1 Å². The van der Waals surface area contributed by atoms with Gasteiger partial charge in [-0.2, -0.15) is 0 Å². The van der Waals surface area contributed by atoms with Crippen molar-refractivity contribution >= 4 is 11.8 Å². The first-order valence-corrected chi connectivity index (χ1v) is 8.20. The maximum Gasteiger partial charge on any atom is 0.255 e. The molecule has 0 spiro atoms. The minimum absolute atomic E-state index is 0.146. The molecule has 2 aromatic rings. The molecule has 0 unspecified atom stereocenters. The average molecular weight is 339 g/mol. The Hall–Kier alpha value is -2.73. The van der Waals surface area contributed by atoms with Crippen LogP contribution in [0.15, 0.2) is 48.7 Å². The third-order valence-corrected chi connectivity index (χ3v) is 4.38. The third kappa shape index (κ3) is 3.85. The summed E-state index contributed by atoms with van der Waals surface area (Å²) in [6.07, 6.45) is 2.30. The summed E-state index contributed by atoms with van der Waals surface area (Å²) < 4.78 is 5.44. The highest BCUT2D eigenvalue weighted by atomic mass is 16.5. The van der Waals surface area contributed by atoms with E-state index in [-0.39, 0.29) is 19.1 Å². The van der Waals surface area contributed by atoms with Gasteiger partial charge >= 0.3 is 0 Å². The zero-order chi connectivity index (χ0) is 17.9. The van der Waals surface area contributed by atoms with Crippen molar-refractivity contribution in [1.29, 1.82) is 0 Å². The summed E-state index contributed by atoms with van der Waals surface area (Å²) in [6, 6.07) is 13.7. The Bertz CT molecular complexity index is 761. The molecule has 1 fully saturated rings. The fraction of sp³-hybridized carbons (Fsp3) is 0.316. The van der Waals surface area contributed by atoms with Crippen LogP contribution in [0.1, 0.15) is 28.5 Å². The third-order valence-electron chi connectivity index (χ3n) is 4.38. The van der Waals surface area contributed by atoms with Crippen molar-refractivity contribution in [2.75, 3.05) is 19.7 Å². The highest BCUT2D eigenvalue weighted by molar-refractivity contribution is 5.95. The Balaban J connectivity index is 1.69. The lowest BCUT2D eigenvalue weighted by molar-refractivity contribution is -0.150. The number of carbonyl (C=O) groups is 2. The number of nitrogens with zero attached hydrogens (tertiary/aromatic N) is 2. The van der Waals surface area contributed by atoms with Gasteiger partial charge in [-0.15, -0.1) is 0 Å². The zero-order valence-corrected chi connectivity index (χ0v) is 14.1. The van der Waals surface area contributed by atoms with Gasteiger partial charge < -0.3 is 15.4 Å². The number of primary amides is 1. The van der Waals surface area contributed by atoms with E-state index < -0.39 is 11.5 Å². The molecule has 0 aliphatic carbocycles. The molecule has 130 valence electrons. The number of ether oxygens (including phenoxy) is 1. The van der Waals surface area contributed by atoms with Crippen LogP contribution in [0.25, 0.3) is 0 Å². The predicted octanol–water partition coefficient (Wildman–Crippen LogP) is 1.39. The van der Waals surface area contributed by atoms with E-state index in [2.05, 4.69) is 4.98 Å². The lowest BCUT2D eigenvalue weighted by atomic mass is 10.0. The second-order valence-corrected chi connectivity index (χ2v) is 6.37. The fourth-order valence-corrected chi connectivity index (χ4v) is 2.84. The Morgan fingerprint density at radius 3 is 2.64 bits per heavy atom. The van der Waals surface area contributed by atoms with E-state index in [0.717, 1.165) is 5.69 Å². The van der Waals surface area contributed by atoms with Gasteiger partial charge in [-0.1, -0.05) is 30.3 Å². The number of pyridine rings is 1. The summed E-state index contributed by atoms with van der Waals surface area (Å²) in [5.41, 5.74) is 6.79. The van der Waals surface area contributed by atoms with Crippen molar-refractivity contribution < 1.29 is 14.3 Å². The van der Waals surface area contributed by atoms with E-state index in [9.17, 15) is 9.59 Å². The molecular weight excluding hydrogens is 318 g/mol. The number of nitrogens with two attached hydrogens (primary N) is 1. The number of rotatable bonds is 4. The van der Waals surface area contributed by atoms with E-state index in [0.29, 0.717) is 18.5 Å². The van der Waals surface area contributed by atoms with Gasteiger partial charge in [0.25, 0.3) is 11.8 Å². The SMILES string of the molecule is C[C@@]1(C(N)=O)CN(C(=O)c2ccc(Cc3ccccc3)nc2)CCO1. The maximum atomic E-state index is 12.7. The lowest BCUT2D eigenvalue weighted by Crippen LogP contribution is -2.58. The van der Waals surface area contributed by atoms with Gasteiger partial charge in [-0.05, 0) is 24.6 Å². The van der Waals surface area contributed by atoms with Crippen LogP contribution in [0.3, 0.4) is 0 Å². The first-order chi connectivity index (χ1) is 12.0. The van der Waals surface area contributed by atoms with E-state index in [1.165, 1.54) is 5.56 Å². The molecule has 1 saturated heterocycles. The first kappa shape index (κ1) is 17.1. The van der Waals surface area contributed by atoms with Crippen LogP contribution in [0.2, 0.25) is 0 Å². The number of hydrogen-bond donors (Lipinski definition) is 1. The van der Waals surface area contributed by atoms with Crippen molar-refractivity contribution in [2.24, 2.45) is 5.73 Å². The number of amides is 2. The Morgan fingerprint density at radius 2 is 2.00 bits per heavy atom. The molecule has 0 bridgehead atoms. The molecule has 6 heteroatoms. The summed E-state index contributed by atoms with van der Waals surface area (Å²) in [7, 11) is 0. The van der Waals surface area contributed by atoms with Gasteiger partial charge in [0.15, 0.2) is 5.60 Å². The van der Waals surface area contributed by atoms with Crippen LogP contribution in [-0.2, 0) is 16.0 Å². The first-order valence-electron chi connectivity index (χ1n) is 8.20. The monoisotopic (exact) mass is 339 g/mol. The minimum Gasteiger partial charge on any atom is -0.367 e. The van der Waals surface area contributed by atoms with E-state index >= 15 is 0 Å². The summed E-state index contributed by atoms with van der Waals surface area (Å²) in [5, 5.41) is 0. The Kier molecular flexibility index (Phi) is 4.81. The van der Waals surface area contributed by atoms with Crippen LogP contribution in [0.4, 0.5) is 0 Å². The van der Waals surface area contributed by atoms with Crippen molar-refractivity contribution in [3.8, 4) is 0 Å². The standard InChI is InChI=1S/C19H21N3O3/c1-19(18(20)24)13-22(9-10-25-19)17(23)15-7-8-16(21-12-15)11-14-5-3-2-4-6-14/h2-8,12H,9-11,13H2,1H3,(H2,20,24)/t19-/m0/s1. The largest absolute Gasteiger partial charge is 0.367 e. The van der Waals surface area contributed by atoms with Crippen LogP contribution in [-0.4, -0.2) is 47.0 Å². The van der Waals surface area contributed by atoms with Crippen LogP contribution in [0.5, 0.6) is 0 Å². The number of carbonyl (C=O) groups excluding carboxylic acids is 2. The van der Waals surface area contributed by atoms with Crippen molar-refractivity contribution in [3.05, 3.63) is 65.5 Å². The fourth-order valence-electron chi connectivity index (χ4n) is 2.84. The summed E-state index contributed by atoms with van der Waals surface area (Å²) in [5.74, 6) is -0.740. The van der Waals surface area contributed by atoms with Crippen LogP contribution >= 0.6 is 0 Å².